The first-order valence-corrected chi connectivity index (χ1v) is 11.9. The molecule has 9 heteroatoms. The number of nitrogens with one attached hydrogen (secondary N) is 1. The average molecular weight is 509 g/mol. The van der Waals surface area contributed by atoms with Crippen LogP contribution in [0.1, 0.15) is 38.9 Å². The number of nitrogens with zero attached hydrogens (tertiary/aromatic N) is 3. The molecule has 0 radical (unpaired) electrons. The number of anilines is 1. The van der Waals surface area contributed by atoms with Crippen molar-refractivity contribution in [3.05, 3.63) is 101 Å². The molecule has 1 aromatic heterocycles. The number of ether oxygens (including phenoxy) is 1. The van der Waals surface area contributed by atoms with Gasteiger partial charge in [-0.3, -0.25) is 9.59 Å². The van der Waals surface area contributed by atoms with Crippen LogP contribution in [0, 0.1) is 23.1 Å². The molecule has 1 aliphatic rings. The minimum Gasteiger partial charge on any atom is -0.462 e. The number of rotatable bonds is 7. The number of nitriles is 1. The molecule has 3 aromatic carbocycles. The minimum atomic E-state index is -1.68. The van der Waals surface area contributed by atoms with Gasteiger partial charge in [-0.1, -0.05) is 24.3 Å². The van der Waals surface area contributed by atoms with E-state index in [1.165, 1.54) is 12.1 Å². The van der Waals surface area contributed by atoms with Crippen molar-refractivity contribution in [3.63, 3.8) is 0 Å². The molecule has 8 nitrogen and oxygen atoms in total. The van der Waals surface area contributed by atoms with Crippen molar-refractivity contribution in [1.29, 1.82) is 5.26 Å². The van der Waals surface area contributed by atoms with Crippen LogP contribution in [0.2, 0.25) is 0 Å². The van der Waals surface area contributed by atoms with Crippen molar-refractivity contribution in [2.75, 3.05) is 11.9 Å². The lowest BCUT2D eigenvalue weighted by molar-refractivity contribution is -0.117. The SMILES string of the molecule is CCOC(=O)c1ccc2c(c1)-c1c(c(C(=O)C(C#N)C(=O)Nc3ccc(F)cc3)nn1-c1ccccc1)C2. The normalized spacial score (nSPS) is 12.1. The number of para-hydroxylation sites is 1. The third-order valence-electron chi connectivity index (χ3n) is 6.23. The number of fused-ring (bicyclic) bond motifs is 3. The van der Waals surface area contributed by atoms with Crippen LogP contribution in [0.25, 0.3) is 16.9 Å². The average Bonchev–Trinajstić information content (AvgIpc) is 3.48. The van der Waals surface area contributed by atoms with Crippen LogP contribution < -0.4 is 5.32 Å². The number of carbonyl (C=O) groups excluding carboxylic acids is 3. The highest BCUT2D eigenvalue weighted by atomic mass is 19.1. The molecule has 4 aromatic rings. The number of carbonyl (C=O) groups is 3. The van der Waals surface area contributed by atoms with Crippen molar-refractivity contribution >= 4 is 23.3 Å². The van der Waals surface area contributed by atoms with E-state index in [-0.39, 0.29) is 18.0 Å². The monoisotopic (exact) mass is 508 g/mol. The van der Waals surface area contributed by atoms with Gasteiger partial charge < -0.3 is 10.1 Å². The van der Waals surface area contributed by atoms with Crippen LogP contribution in [0.15, 0.2) is 72.8 Å². The zero-order valence-electron chi connectivity index (χ0n) is 20.3. The maximum atomic E-state index is 13.6. The van der Waals surface area contributed by atoms with Gasteiger partial charge >= 0.3 is 5.97 Å². The van der Waals surface area contributed by atoms with E-state index in [0.717, 1.165) is 17.7 Å². The Bertz CT molecular complexity index is 1600. The Kier molecular flexibility index (Phi) is 6.54. The first-order valence-electron chi connectivity index (χ1n) is 11.9. The van der Waals surface area contributed by atoms with Crippen LogP contribution in [0.4, 0.5) is 10.1 Å². The van der Waals surface area contributed by atoms with E-state index in [1.807, 2.05) is 30.3 Å². The van der Waals surface area contributed by atoms with Crippen LogP contribution >= 0.6 is 0 Å². The van der Waals surface area contributed by atoms with Crippen LogP contribution in [0.3, 0.4) is 0 Å². The first kappa shape index (κ1) is 24.6. The molecule has 0 fully saturated rings. The van der Waals surface area contributed by atoms with Crippen LogP contribution in [-0.4, -0.2) is 34.0 Å². The highest BCUT2D eigenvalue weighted by Gasteiger charge is 2.37. The van der Waals surface area contributed by atoms with E-state index in [0.29, 0.717) is 34.5 Å². The fourth-order valence-corrected chi connectivity index (χ4v) is 4.45. The summed E-state index contributed by atoms with van der Waals surface area (Å²) in [4.78, 5) is 38.9. The Morgan fingerprint density at radius 2 is 1.84 bits per heavy atom. The zero-order chi connectivity index (χ0) is 26.8. The van der Waals surface area contributed by atoms with Crippen LogP contribution in [0.5, 0.6) is 0 Å². The summed E-state index contributed by atoms with van der Waals surface area (Å²) in [6.07, 6.45) is 0.333. The summed E-state index contributed by atoms with van der Waals surface area (Å²) < 4.78 is 20.0. The van der Waals surface area contributed by atoms with E-state index < -0.39 is 29.4 Å². The molecule has 0 spiro atoms. The lowest BCUT2D eigenvalue weighted by Crippen LogP contribution is -2.29. The third kappa shape index (κ3) is 4.44. The summed E-state index contributed by atoms with van der Waals surface area (Å²) in [7, 11) is 0. The summed E-state index contributed by atoms with van der Waals surface area (Å²) in [5.74, 6) is -4.22. The Morgan fingerprint density at radius 3 is 2.53 bits per heavy atom. The maximum absolute atomic E-state index is 13.6. The summed E-state index contributed by atoms with van der Waals surface area (Å²) in [6, 6.07) is 21.1. The van der Waals surface area contributed by atoms with Gasteiger partial charge in [0.15, 0.2) is 5.92 Å². The molecule has 0 saturated carbocycles. The molecule has 0 aliphatic heterocycles. The maximum Gasteiger partial charge on any atom is 0.338 e. The molecule has 38 heavy (non-hydrogen) atoms. The molecule has 1 heterocycles. The summed E-state index contributed by atoms with van der Waals surface area (Å²) >= 11 is 0. The Labute approximate surface area is 217 Å². The highest BCUT2D eigenvalue weighted by molar-refractivity contribution is 6.16. The van der Waals surface area contributed by atoms with Gasteiger partial charge in [-0.15, -0.1) is 0 Å². The van der Waals surface area contributed by atoms with Gasteiger partial charge in [-0.2, -0.15) is 10.4 Å². The topological polar surface area (TPSA) is 114 Å². The lowest BCUT2D eigenvalue weighted by atomic mass is 9.98. The molecule has 1 atom stereocenters. The summed E-state index contributed by atoms with van der Waals surface area (Å²) in [6.45, 7) is 1.96. The second-order valence-corrected chi connectivity index (χ2v) is 8.61. The molecule has 1 amide bonds. The summed E-state index contributed by atoms with van der Waals surface area (Å²) in [5, 5.41) is 16.8. The zero-order valence-corrected chi connectivity index (χ0v) is 20.3. The number of aromatic nitrogens is 2. The standard InChI is InChI=1S/C29H21FN4O4/c1-2-38-29(37)18-9-8-17-14-23-25(33-34(26(23)22(17)15-18)21-6-4-3-5-7-21)27(35)24(16-31)28(36)32-20-12-10-19(30)11-13-20/h3-13,15,24H,2,14H2,1H3,(H,32,36). The Hall–Kier alpha value is -5.10. The summed E-state index contributed by atoms with van der Waals surface area (Å²) in [5.41, 5.74) is 4.03. The number of hydrogen-bond donors (Lipinski definition) is 1. The number of hydrogen-bond acceptors (Lipinski definition) is 6. The minimum absolute atomic E-state index is 0.00135. The van der Waals surface area contributed by atoms with Crippen molar-refractivity contribution in [2.24, 2.45) is 5.92 Å². The number of ketones is 1. The van der Waals surface area contributed by atoms with Gasteiger partial charge in [0, 0.05) is 23.2 Å². The number of Topliss-reactive ketones (excluding diaryl/α,β-unsaturated/α-hetero) is 1. The fourth-order valence-electron chi connectivity index (χ4n) is 4.45. The predicted octanol–water partition coefficient (Wildman–Crippen LogP) is 4.72. The smallest absolute Gasteiger partial charge is 0.338 e. The van der Waals surface area contributed by atoms with E-state index in [4.69, 9.17) is 4.74 Å². The van der Waals surface area contributed by atoms with Gasteiger partial charge in [-0.25, -0.2) is 13.9 Å². The predicted molar refractivity (Wildman–Crippen MR) is 136 cm³/mol. The number of halogens is 1. The Balaban J connectivity index is 1.57. The van der Waals surface area contributed by atoms with Gasteiger partial charge in [0.1, 0.15) is 11.5 Å². The van der Waals surface area contributed by atoms with Gasteiger partial charge in [0.05, 0.1) is 29.6 Å². The van der Waals surface area contributed by atoms with Crippen molar-refractivity contribution < 1.29 is 23.5 Å². The van der Waals surface area contributed by atoms with Crippen molar-refractivity contribution in [3.8, 4) is 23.0 Å². The van der Waals surface area contributed by atoms with Gasteiger partial charge in [0.25, 0.3) is 0 Å². The third-order valence-corrected chi connectivity index (χ3v) is 6.23. The largest absolute Gasteiger partial charge is 0.462 e. The van der Waals surface area contributed by atoms with E-state index in [1.54, 1.807) is 35.9 Å². The molecule has 0 saturated heterocycles. The van der Waals surface area contributed by atoms with Crippen LogP contribution in [-0.2, 0) is 16.0 Å². The molecule has 1 unspecified atom stereocenters. The number of esters is 1. The van der Waals surface area contributed by atoms with Gasteiger partial charge in [-0.05, 0) is 61.0 Å². The second kappa shape index (κ2) is 10.1. The molecule has 188 valence electrons. The molecule has 1 N–H and O–H groups in total. The van der Waals surface area contributed by atoms with E-state index in [9.17, 15) is 24.0 Å². The lowest BCUT2D eigenvalue weighted by Gasteiger charge is -2.10. The quantitative estimate of drug-likeness (QED) is 0.193. The molecule has 1 aliphatic carbocycles. The highest BCUT2D eigenvalue weighted by Crippen LogP contribution is 2.41. The van der Waals surface area contributed by atoms with E-state index >= 15 is 0 Å². The Morgan fingerprint density at radius 1 is 1.11 bits per heavy atom. The second-order valence-electron chi connectivity index (χ2n) is 8.61. The van der Waals surface area contributed by atoms with E-state index in [2.05, 4.69) is 10.4 Å². The van der Waals surface area contributed by atoms with Crippen molar-refractivity contribution in [1.82, 2.24) is 9.78 Å². The number of benzene rings is 3. The molecule has 0 bridgehead atoms. The van der Waals surface area contributed by atoms with Gasteiger partial charge in [0.2, 0.25) is 11.7 Å². The first-order chi connectivity index (χ1) is 18.4. The van der Waals surface area contributed by atoms with Crippen molar-refractivity contribution in [2.45, 2.75) is 13.3 Å². The fraction of sp³-hybridized carbons (Fsp3) is 0.138. The molecular formula is C29H21FN4O4. The number of amides is 1. The molecular weight excluding hydrogens is 487 g/mol. The molecule has 5 rings (SSSR count).